The average molecular weight is 453 g/mol. The monoisotopic (exact) mass is 452 g/mol. The van der Waals surface area contributed by atoms with Crippen molar-refractivity contribution in [3.8, 4) is 0 Å². The van der Waals surface area contributed by atoms with E-state index < -0.39 is 11.7 Å². The van der Waals surface area contributed by atoms with E-state index in [-0.39, 0.29) is 17.4 Å². The average Bonchev–Trinajstić information content (AvgIpc) is 3.29. The lowest BCUT2D eigenvalue weighted by Crippen LogP contribution is -2.52. The molecule has 1 aliphatic carbocycles. The smallest absolute Gasteiger partial charge is 0.381 e. The molecule has 1 spiro atoms. The van der Waals surface area contributed by atoms with Gasteiger partial charge >= 0.3 is 6.18 Å². The molecule has 4 aliphatic rings. The molecule has 0 bridgehead atoms. The standard InChI is InChI=1S/C23H31F3N4O2/c1-15-14-32-9-4-19(15)28-17-2-5-22(11-17)12-18-13-29(7-8-30(18)21(22)31)20-10-16(3-6-27-20)23(24,25)26/h3,6,10,15,17-19,28H,2,4-5,7-9,11-14H2,1H3/t15?,17-,18?,19?,22+/m1/s1. The van der Waals surface area contributed by atoms with E-state index in [9.17, 15) is 18.0 Å². The molecule has 1 amide bonds. The second-order valence-corrected chi connectivity index (χ2v) is 10.0. The molecule has 6 nitrogen and oxygen atoms in total. The highest BCUT2D eigenvalue weighted by molar-refractivity contribution is 5.86. The highest BCUT2D eigenvalue weighted by Crippen LogP contribution is 2.50. The van der Waals surface area contributed by atoms with Crippen LogP contribution in [0.1, 0.15) is 44.6 Å². The lowest BCUT2D eigenvalue weighted by molar-refractivity contribution is -0.137. The minimum absolute atomic E-state index is 0.0355. The van der Waals surface area contributed by atoms with Crippen molar-refractivity contribution in [2.45, 2.75) is 63.3 Å². The van der Waals surface area contributed by atoms with Gasteiger partial charge in [-0.1, -0.05) is 6.92 Å². The van der Waals surface area contributed by atoms with Crippen LogP contribution >= 0.6 is 0 Å². The molecular formula is C23H31F3N4O2. The van der Waals surface area contributed by atoms with E-state index in [4.69, 9.17) is 4.74 Å². The Morgan fingerprint density at radius 3 is 2.88 bits per heavy atom. The van der Waals surface area contributed by atoms with E-state index in [0.29, 0.717) is 43.5 Å². The van der Waals surface area contributed by atoms with Crippen molar-refractivity contribution in [3.05, 3.63) is 23.9 Å². The Morgan fingerprint density at radius 1 is 1.25 bits per heavy atom. The molecule has 4 fully saturated rings. The van der Waals surface area contributed by atoms with Crippen LogP contribution in [0.3, 0.4) is 0 Å². The summed E-state index contributed by atoms with van der Waals surface area (Å²) in [6, 6.07) is 2.93. The Balaban J connectivity index is 1.25. The number of pyridine rings is 1. The second kappa shape index (κ2) is 8.17. The van der Waals surface area contributed by atoms with Crippen LogP contribution in [0.5, 0.6) is 0 Å². The summed E-state index contributed by atoms with van der Waals surface area (Å²) in [5.41, 5.74) is -1.01. The van der Waals surface area contributed by atoms with Crippen LogP contribution in [0, 0.1) is 11.3 Å². The van der Waals surface area contributed by atoms with E-state index in [1.807, 2.05) is 9.80 Å². The van der Waals surface area contributed by atoms with Gasteiger partial charge in [0, 0.05) is 44.5 Å². The summed E-state index contributed by atoms with van der Waals surface area (Å²) >= 11 is 0. The van der Waals surface area contributed by atoms with Gasteiger partial charge in [0.25, 0.3) is 0 Å². The number of rotatable bonds is 3. The number of nitrogens with zero attached hydrogens (tertiary/aromatic N) is 3. The van der Waals surface area contributed by atoms with Crippen LogP contribution in [-0.4, -0.2) is 66.8 Å². The zero-order valence-corrected chi connectivity index (χ0v) is 18.4. The Labute approximate surface area is 186 Å². The van der Waals surface area contributed by atoms with Gasteiger partial charge in [-0.2, -0.15) is 13.2 Å². The summed E-state index contributed by atoms with van der Waals surface area (Å²) in [6.45, 7) is 5.36. The Morgan fingerprint density at radius 2 is 2.09 bits per heavy atom. The molecule has 1 N–H and O–H groups in total. The fourth-order valence-electron chi connectivity index (χ4n) is 6.19. The number of carbonyl (C=O) groups excluding carboxylic acids is 1. The number of nitrogens with one attached hydrogen (secondary N) is 1. The summed E-state index contributed by atoms with van der Waals surface area (Å²) in [7, 11) is 0. The molecule has 0 aromatic carbocycles. The third-order valence-corrected chi connectivity index (χ3v) is 7.92. The van der Waals surface area contributed by atoms with Gasteiger partial charge in [0.2, 0.25) is 5.91 Å². The number of piperazine rings is 1. The zero-order valence-electron chi connectivity index (χ0n) is 18.4. The maximum atomic E-state index is 13.4. The van der Waals surface area contributed by atoms with Crippen LogP contribution in [0.25, 0.3) is 0 Å². The molecule has 1 aromatic heterocycles. The van der Waals surface area contributed by atoms with Crippen LogP contribution in [-0.2, 0) is 15.7 Å². The summed E-state index contributed by atoms with van der Waals surface area (Å²) in [5, 5.41) is 3.80. The predicted octanol–water partition coefficient (Wildman–Crippen LogP) is 3.07. The number of carbonyl (C=O) groups is 1. The first-order valence-electron chi connectivity index (χ1n) is 11.7. The third kappa shape index (κ3) is 3.98. The number of amides is 1. The largest absolute Gasteiger partial charge is 0.416 e. The van der Waals surface area contributed by atoms with Gasteiger partial charge in [-0.25, -0.2) is 4.98 Å². The first kappa shape index (κ1) is 21.9. The van der Waals surface area contributed by atoms with Gasteiger partial charge in [-0.15, -0.1) is 0 Å². The molecular weight excluding hydrogens is 421 g/mol. The normalized spacial score (nSPS) is 35.6. The summed E-state index contributed by atoms with van der Waals surface area (Å²) in [6.07, 6.45) is 1.35. The Kier molecular flexibility index (Phi) is 5.60. The van der Waals surface area contributed by atoms with Crippen molar-refractivity contribution in [1.29, 1.82) is 0 Å². The molecule has 5 atom stereocenters. The molecule has 9 heteroatoms. The fourth-order valence-corrected chi connectivity index (χ4v) is 6.19. The lowest BCUT2D eigenvalue weighted by atomic mass is 9.82. The van der Waals surface area contributed by atoms with Gasteiger partial charge in [0.05, 0.1) is 23.6 Å². The van der Waals surface area contributed by atoms with Gasteiger partial charge < -0.3 is 19.9 Å². The molecule has 5 rings (SSSR count). The molecule has 1 aromatic rings. The van der Waals surface area contributed by atoms with Crippen molar-refractivity contribution < 1.29 is 22.7 Å². The number of hydrogen-bond acceptors (Lipinski definition) is 5. The number of alkyl halides is 3. The molecule has 4 heterocycles. The van der Waals surface area contributed by atoms with E-state index >= 15 is 0 Å². The topological polar surface area (TPSA) is 57.7 Å². The minimum atomic E-state index is -4.39. The maximum absolute atomic E-state index is 13.4. The molecule has 32 heavy (non-hydrogen) atoms. The Hall–Kier alpha value is -1.87. The molecule has 3 saturated heterocycles. The highest BCUT2D eigenvalue weighted by atomic mass is 19.4. The number of fused-ring (bicyclic) bond motifs is 1. The van der Waals surface area contributed by atoms with Crippen LogP contribution in [0.4, 0.5) is 19.0 Å². The van der Waals surface area contributed by atoms with Gasteiger partial charge in [-0.3, -0.25) is 4.79 Å². The van der Waals surface area contributed by atoms with Crippen molar-refractivity contribution in [1.82, 2.24) is 15.2 Å². The van der Waals surface area contributed by atoms with E-state index in [0.717, 1.165) is 57.5 Å². The number of ether oxygens (including phenoxy) is 1. The minimum Gasteiger partial charge on any atom is -0.381 e. The van der Waals surface area contributed by atoms with E-state index in [2.05, 4.69) is 17.2 Å². The third-order valence-electron chi connectivity index (χ3n) is 7.92. The summed E-state index contributed by atoms with van der Waals surface area (Å²) < 4.78 is 44.9. The van der Waals surface area contributed by atoms with Crippen molar-refractivity contribution in [3.63, 3.8) is 0 Å². The van der Waals surface area contributed by atoms with Crippen LogP contribution in [0.2, 0.25) is 0 Å². The van der Waals surface area contributed by atoms with Crippen LogP contribution < -0.4 is 10.2 Å². The second-order valence-electron chi connectivity index (χ2n) is 10.0. The quantitative estimate of drug-likeness (QED) is 0.764. The fraction of sp³-hybridized carbons (Fsp3) is 0.739. The number of halogens is 3. The van der Waals surface area contributed by atoms with Gasteiger partial charge in [-0.05, 0) is 50.2 Å². The summed E-state index contributed by atoms with van der Waals surface area (Å²) in [5.74, 6) is 1.05. The number of anilines is 1. The van der Waals surface area contributed by atoms with Gasteiger partial charge in [0.1, 0.15) is 5.82 Å². The zero-order chi connectivity index (χ0) is 22.5. The van der Waals surface area contributed by atoms with Crippen molar-refractivity contribution >= 4 is 11.7 Å². The van der Waals surface area contributed by atoms with Crippen molar-refractivity contribution in [2.24, 2.45) is 11.3 Å². The van der Waals surface area contributed by atoms with E-state index in [1.54, 1.807) is 0 Å². The Bertz CT molecular complexity index is 866. The van der Waals surface area contributed by atoms with Crippen molar-refractivity contribution in [2.75, 3.05) is 37.7 Å². The predicted molar refractivity (Wildman–Crippen MR) is 113 cm³/mol. The van der Waals surface area contributed by atoms with E-state index in [1.165, 1.54) is 6.20 Å². The SMILES string of the molecule is CC1COCCC1N[C@@H]1CC[C@@]2(CC3CN(c4cc(C(F)(F)F)ccn4)CCN3C2=O)C1. The number of hydrogen-bond donors (Lipinski definition) is 1. The first-order valence-corrected chi connectivity index (χ1v) is 11.7. The first-order chi connectivity index (χ1) is 15.2. The molecule has 1 saturated carbocycles. The maximum Gasteiger partial charge on any atom is 0.416 e. The highest BCUT2D eigenvalue weighted by Gasteiger charge is 2.56. The summed E-state index contributed by atoms with van der Waals surface area (Å²) in [4.78, 5) is 21.5. The lowest BCUT2D eigenvalue weighted by Gasteiger charge is -2.38. The molecule has 3 aliphatic heterocycles. The van der Waals surface area contributed by atoms with Gasteiger partial charge in [0.15, 0.2) is 0 Å². The molecule has 3 unspecified atom stereocenters. The molecule has 176 valence electrons. The van der Waals surface area contributed by atoms with Crippen LogP contribution in [0.15, 0.2) is 18.3 Å². The molecule has 0 radical (unpaired) electrons. The number of aromatic nitrogens is 1.